The van der Waals surface area contributed by atoms with E-state index >= 15 is 0 Å². The summed E-state index contributed by atoms with van der Waals surface area (Å²) in [5, 5.41) is 4.32. The van der Waals surface area contributed by atoms with Crippen molar-refractivity contribution in [3.05, 3.63) is 65.1 Å². The van der Waals surface area contributed by atoms with Crippen molar-refractivity contribution in [2.75, 3.05) is 12.4 Å². The molecule has 0 aliphatic heterocycles. The number of rotatable bonds is 4. The van der Waals surface area contributed by atoms with E-state index < -0.39 is 0 Å². The number of hydrogen-bond acceptors (Lipinski definition) is 3. The molecule has 0 aliphatic carbocycles. The summed E-state index contributed by atoms with van der Waals surface area (Å²) in [7, 11) is 1.57. The van der Waals surface area contributed by atoms with Crippen LogP contribution in [0.1, 0.15) is 5.56 Å². The number of nitrogens with zero attached hydrogens (tertiary/aromatic N) is 1. The van der Waals surface area contributed by atoms with Gasteiger partial charge in [-0.15, -0.1) is 0 Å². The molecule has 3 nitrogen and oxygen atoms in total. The molecule has 3 rings (SSSR count). The van der Waals surface area contributed by atoms with Crippen molar-refractivity contribution in [2.24, 2.45) is 0 Å². The summed E-state index contributed by atoms with van der Waals surface area (Å²) in [6.07, 6.45) is 1.66. The summed E-state index contributed by atoms with van der Waals surface area (Å²) >= 11 is 6.10. The summed E-state index contributed by atoms with van der Waals surface area (Å²) < 4.78 is 18.9. The molecule has 0 atom stereocenters. The molecular formula is C17H14ClFN2O. The Morgan fingerprint density at radius 2 is 2.09 bits per heavy atom. The SMILES string of the molecule is COc1ccc(NCc2ccc(F)c3cccnc23)cc1Cl. The third-order valence-electron chi connectivity index (χ3n) is 3.43. The van der Waals surface area contributed by atoms with E-state index in [0.29, 0.717) is 28.2 Å². The zero-order chi connectivity index (χ0) is 15.5. The van der Waals surface area contributed by atoms with Crippen LogP contribution in [0.4, 0.5) is 10.1 Å². The fourth-order valence-corrected chi connectivity index (χ4v) is 2.57. The highest BCUT2D eigenvalue weighted by Crippen LogP contribution is 2.28. The molecule has 112 valence electrons. The van der Waals surface area contributed by atoms with Gasteiger partial charge in [-0.05, 0) is 42.0 Å². The van der Waals surface area contributed by atoms with E-state index in [1.807, 2.05) is 6.07 Å². The predicted octanol–water partition coefficient (Wildman–Crippen LogP) is 4.65. The van der Waals surface area contributed by atoms with Crippen LogP contribution in [0.5, 0.6) is 5.75 Å². The van der Waals surface area contributed by atoms with Gasteiger partial charge in [-0.1, -0.05) is 17.7 Å². The van der Waals surface area contributed by atoms with Crippen molar-refractivity contribution in [3.8, 4) is 5.75 Å². The fourth-order valence-electron chi connectivity index (χ4n) is 2.31. The molecule has 3 aromatic rings. The first kappa shape index (κ1) is 14.6. The number of anilines is 1. The molecule has 22 heavy (non-hydrogen) atoms. The minimum absolute atomic E-state index is 0.264. The first-order valence-corrected chi connectivity index (χ1v) is 7.16. The number of halogens is 2. The maximum atomic E-state index is 13.8. The van der Waals surface area contributed by atoms with Crippen molar-refractivity contribution in [3.63, 3.8) is 0 Å². The molecule has 0 aliphatic rings. The zero-order valence-electron chi connectivity index (χ0n) is 11.9. The van der Waals surface area contributed by atoms with E-state index in [0.717, 1.165) is 11.3 Å². The van der Waals surface area contributed by atoms with Crippen LogP contribution < -0.4 is 10.1 Å². The first-order valence-electron chi connectivity index (χ1n) is 6.78. The van der Waals surface area contributed by atoms with Crippen molar-refractivity contribution < 1.29 is 9.13 Å². The molecule has 1 N–H and O–H groups in total. The van der Waals surface area contributed by atoms with Crippen LogP contribution in [0.25, 0.3) is 10.9 Å². The standard InChI is InChI=1S/C17H14ClFN2O/c1-22-16-7-5-12(9-14(16)18)21-10-11-4-6-15(19)13-3-2-8-20-17(11)13/h2-9,21H,10H2,1H3. The molecule has 0 saturated carbocycles. The van der Waals surface area contributed by atoms with Crippen LogP contribution in [-0.4, -0.2) is 12.1 Å². The van der Waals surface area contributed by atoms with Gasteiger partial charge in [-0.2, -0.15) is 0 Å². The molecule has 1 aromatic heterocycles. The molecule has 0 saturated heterocycles. The Hall–Kier alpha value is -2.33. The first-order chi connectivity index (χ1) is 10.7. The molecule has 0 bridgehead atoms. The largest absolute Gasteiger partial charge is 0.495 e. The lowest BCUT2D eigenvalue weighted by atomic mass is 10.1. The maximum absolute atomic E-state index is 13.8. The lowest BCUT2D eigenvalue weighted by Gasteiger charge is -2.11. The monoisotopic (exact) mass is 316 g/mol. The summed E-state index contributed by atoms with van der Waals surface area (Å²) in [5.74, 6) is 0.362. The number of ether oxygens (including phenoxy) is 1. The molecule has 0 amide bonds. The third kappa shape index (κ3) is 2.83. The zero-order valence-corrected chi connectivity index (χ0v) is 12.7. The highest BCUT2D eigenvalue weighted by Gasteiger charge is 2.07. The number of hydrogen-bond donors (Lipinski definition) is 1. The van der Waals surface area contributed by atoms with E-state index in [2.05, 4.69) is 10.3 Å². The topological polar surface area (TPSA) is 34.1 Å². The number of aromatic nitrogens is 1. The van der Waals surface area contributed by atoms with Gasteiger partial charge in [0.2, 0.25) is 0 Å². The summed E-state index contributed by atoms with van der Waals surface area (Å²) in [4.78, 5) is 4.27. The quantitative estimate of drug-likeness (QED) is 0.761. The van der Waals surface area contributed by atoms with Gasteiger partial charge in [0, 0.05) is 23.8 Å². The third-order valence-corrected chi connectivity index (χ3v) is 3.73. The van der Waals surface area contributed by atoms with Gasteiger partial charge in [-0.3, -0.25) is 4.98 Å². The predicted molar refractivity (Wildman–Crippen MR) is 87.0 cm³/mol. The minimum atomic E-state index is -0.264. The Morgan fingerprint density at radius 1 is 1.23 bits per heavy atom. The number of pyridine rings is 1. The van der Waals surface area contributed by atoms with E-state index in [-0.39, 0.29) is 5.82 Å². The van der Waals surface area contributed by atoms with Gasteiger partial charge >= 0.3 is 0 Å². The average Bonchev–Trinajstić information content (AvgIpc) is 2.55. The van der Waals surface area contributed by atoms with Crippen LogP contribution in [0.2, 0.25) is 5.02 Å². The lowest BCUT2D eigenvalue weighted by molar-refractivity contribution is 0.415. The number of methoxy groups -OCH3 is 1. The normalized spacial score (nSPS) is 10.7. The van der Waals surface area contributed by atoms with Crippen molar-refractivity contribution in [1.29, 1.82) is 0 Å². The van der Waals surface area contributed by atoms with Gasteiger partial charge in [0.1, 0.15) is 11.6 Å². The second-order valence-electron chi connectivity index (χ2n) is 4.81. The minimum Gasteiger partial charge on any atom is -0.495 e. The number of nitrogens with one attached hydrogen (secondary N) is 1. The van der Waals surface area contributed by atoms with Crippen LogP contribution in [0.3, 0.4) is 0 Å². The van der Waals surface area contributed by atoms with E-state index in [9.17, 15) is 4.39 Å². The van der Waals surface area contributed by atoms with E-state index in [1.54, 1.807) is 43.6 Å². The molecule has 1 heterocycles. The molecule has 5 heteroatoms. The highest BCUT2D eigenvalue weighted by molar-refractivity contribution is 6.32. The van der Waals surface area contributed by atoms with E-state index in [4.69, 9.17) is 16.3 Å². The Labute approximate surface area is 132 Å². The Balaban J connectivity index is 1.85. The average molecular weight is 317 g/mol. The fraction of sp³-hybridized carbons (Fsp3) is 0.118. The summed E-state index contributed by atoms with van der Waals surface area (Å²) in [5.41, 5.74) is 2.44. The van der Waals surface area contributed by atoms with Crippen molar-refractivity contribution >= 4 is 28.2 Å². The molecule has 0 radical (unpaired) electrons. The van der Waals surface area contributed by atoms with Gasteiger partial charge in [0.05, 0.1) is 17.6 Å². The molecule has 0 fully saturated rings. The van der Waals surface area contributed by atoms with Crippen molar-refractivity contribution in [2.45, 2.75) is 6.54 Å². The van der Waals surface area contributed by atoms with Crippen LogP contribution in [0.15, 0.2) is 48.7 Å². The smallest absolute Gasteiger partial charge is 0.137 e. The molecule has 0 spiro atoms. The highest BCUT2D eigenvalue weighted by atomic mass is 35.5. The summed E-state index contributed by atoms with van der Waals surface area (Å²) in [6.45, 7) is 0.524. The van der Waals surface area contributed by atoms with Gasteiger partial charge in [-0.25, -0.2) is 4.39 Å². The molecule has 0 unspecified atom stereocenters. The van der Waals surface area contributed by atoms with Gasteiger partial charge in [0.25, 0.3) is 0 Å². The Bertz CT molecular complexity index is 823. The van der Waals surface area contributed by atoms with Gasteiger partial charge < -0.3 is 10.1 Å². The van der Waals surface area contributed by atoms with Crippen LogP contribution in [-0.2, 0) is 6.54 Å². The van der Waals surface area contributed by atoms with Crippen LogP contribution >= 0.6 is 11.6 Å². The Morgan fingerprint density at radius 3 is 2.86 bits per heavy atom. The lowest BCUT2D eigenvalue weighted by Crippen LogP contribution is -2.01. The van der Waals surface area contributed by atoms with Crippen LogP contribution in [0, 0.1) is 5.82 Å². The van der Waals surface area contributed by atoms with Gasteiger partial charge in [0.15, 0.2) is 0 Å². The Kier molecular flexibility index (Phi) is 4.11. The number of benzene rings is 2. The second-order valence-corrected chi connectivity index (χ2v) is 5.22. The maximum Gasteiger partial charge on any atom is 0.137 e. The molecule has 2 aromatic carbocycles. The molecular weight excluding hydrogens is 303 g/mol. The summed E-state index contributed by atoms with van der Waals surface area (Å²) in [6, 6.07) is 12.1. The van der Waals surface area contributed by atoms with E-state index in [1.165, 1.54) is 6.07 Å². The number of fused-ring (bicyclic) bond motifs is 1. The second kappa shape index (κ2) is 6.20. The van der Waals surface area contributed by atoms with Crippen molar-refractivity contribution in [1.82, 2.24) is 4.98 Å².